The summed E-state index contributed by atoms with van der Waals surface area (Å²) in [5, 5.41) is 0.587. The van der Waals surface area contributed by atoms with Gasteiger partial charge >= 0.3 is 0 Å². The Hall–Kier alpha value is -1.12. The molecule has 2 aromatic rings. The van der Waals surface area contributed by atoms with Gasteiger partial charge < -0.3 is 0 Å². The van der Waals surface area contributed by atoms with Crippen molar-refractivity contribution in [3.63, 3.8) is 0 Å². The second-order valence-electron chi connectivity index (χ2n) is 4.04. The first-order valence-electron chi connectivity index (χ1n) is 5.61. The summed E-state index contributed by atoms with van der Waals surface area (Å²) >= 11 is 12.0. The number of aromatic nitrogens is 1. The number of nitrogens with zero attached hydrogens (tertiary/aromatic N) is 1. The molecule has 0 amide bonds. The normalized spacial score (nSPS) is 12.4. The highest BCUT2D eigenvalue weighted by Crippen LogP contribution is 2.27. The first-order chi connectivity index (χ1) is 8.72. The van der Waals surface area contributed by atoms with E-state index in [1.165, 1.54) is 6.07 Å². The average molecular weight is 284 g/mol. The smallest absolute Gasteiger partial charge is 0.126 e. The van der Waals surface area contributed by atoms with Crippen LogP contribution in [0.3, 0.4) is 0 Å². The van der Waals surface area contributed by atoms with Gasteiger partial charge in [0, 0.05) is 24.2 Å². The predicted octanol–water partition coefficient (Wildman–Crippen LogP) is 4.44. The molecule has 1 unspecified atom stereocenters. The van der Waals surface area contributed by atoms with Crippen molar-refractivity contribution in [2.24, 2.45) is 0 Å². The van der Waals surface area contributed by atoms with Gasteiger partial charge in [-0.3, -0.25) is 4.98 Å². The van der Waals surface area contributed by atoms with E-state index in [0.29, 0.717) is 22.9 Å². The molecule has 1 nitrogen and oxygen atoms in total. The van der Waals surface area contributed by atoms with Crippen molar-refractivity contribution in [1.29, 1.82) is 0 Å². The SMILES string of the molecule is Fc1ccccc1C(CCl)Cc1ccncc1Cl. The average Bonchev–Trinajstić information content (AvgIpc) is 2.39. The van der Waals surface area contributed by atoms with E-state index < -0.39 is 0 Å². The molecule has 0 saturated heterocycles. The van der Waals surface area contributed by atoms with Crippen LogP contribution in [0, 0.1) is 5.82 Å². The quantitative estimate of drug-likeness (QED) is 0.756. The number of alkyl halides is 1. The minimum atomic E-state index is -0.228. The topological polar surface area (TPSA) is 12.9 Å². The van der Waals surface area contributed by atoms with E-state index in [0.717, 1.165) is 5.56 Å². The fraction of sp³-hybridized carbons (Fsp3) is 0.214. The largest absolute Gasteiger partial charge is 0.263 e. The molecule has 18 heavy (non-hydrogen) atoms. The van der Waals surface area contributed by atoms with Gasteiger partial charge in [-0.05, 0) is 29.7 Å². The molecule has 1 aromatic carbocycles. The third kappa shape index (κ3) is 3.01. The molecule has 0 bridgehead atoms. The Balaban J connectivity index is 2.26. The molecular weight excluding hydrogens is 272 g/mol. The standard InChI is InChI=1S/C14H12Cl2FN/c15-8-11(12-3-1-2-4-14(12)17)7-10-5-6-18-9-13(10)16/h1-6,9,11H,7-8H2. The Morgan fingerprint density at radius 1 is 1.22 bits per heavy atom. The van der Waals surface area contributed by atoms with Gasteiger partial charge in [0.1, 0.15) is 5.82 Å². The van der Waals surface area contributed by atoms with Crippen LogP contribution in [-0.2, 0) is 6.42 Å². The van der Waals surface area contributed by atoms with Crippen molar-refractivity contribution in [2.75, 3.05) is 5.88 Å². The zero-order chi connectivity index (χ0) is 13.0. The molecule has 1 heterocycles. The predicted molar refractivity (Wildman–Crippen MR) is 72.8 cm³/mol. The Morgan fingerprint density at radius 2 is 2.00 bits per heavy atom. The van der Waals surface area contributed by atoms with E-state index in [4.69, 9.17) is 23.2 Å². The van der Waals surface area contributed by atoms with Crippen LogP contribution in [0.1, 0.15) is 17.0 Å². The van der Waals surface area contributed by atoms with Gasteiger partial charge in [-0.2, -0.15) is 0 Å². The van der Waals surface area contributed by atoms with Gasteiger partial charge in [-0.25, -0.2) is 4.39 Å². The number of rotatable bonds is 4. The van der Waals surface area contributed by atoms with Crippen molar-refractivity contribution in [3.05, 3.63) is 64.7 Å². The molecule has 0 saturated carbocycles. The van der Waals surface area contributed by atoms with Crippen molar-refractivity contribution >= 4 is 23.2 Å². The van der Waals surface area contributed by atoms with E-state index in [1.54, 1.807) is 24.5 Å². The van der Waals surface area contributed by atoms with Gasteiger partial charge in [0.05, 0.1) is 5.02 Å². The summed E-state index contributed by atoms with van der Waals surface area (Å²) in [6, 6.07) is 8.53. The minimum absolute atomic E-state index is 0.0900. The lowest BCUT2D eigenvalue weighted by atomic mass is 9.93. The lowest BCUT2D eigenvalue weighted by Gasteiger charge is -2.15. The molecule has 4 heteroatoms. The Morgan fingerprint density at radius 3 is 2.67 bits per heavy atom. The molecule has 0 aliphatic carbocycles. The van der Waals surface area contributed by atoms with Crippen LogP contribution in [0.15, 0.2) is 42.7 Å². The Labute approximate surface area is 116 Å². The molecule has 0 radical (unpaired) electrons. The summed E-state index contributed by atoms with van der Waals surface area (Å²) in [7, 11) is 0. The number of benzene rings is 1. The van der Waals surface area contributed by atoms with E-state index in [1.807, 2.05) is 12.1 Å². The van der Waals surface area contributed by atoms with E-state index >= 15 is 0 Å². The molecule has 94 valence electrons. The Kier molecular flexibility index (Phi) is 4.56. The third-order valence-corrected chi connectivity index (χ3v) is 3.57. The molecule has 0 N–H and O–H groups in total. The first kappa shape index (κ1) is 13.3. The molecule has 0 aliphatic rings. The molecule has 0 fully saturated rings. The summed E-state index contributed by atoms with van der Waals surface area (Å²) in [5.41, 5.74) is 1.56. The monoisotopic (exact) mass is 283 g/mol. The molecule has 0 aliphatic heterocycles. The lowest BCUT2D eigenvalue weighted by Crippen LogP contribution is -2.07. The fourth-order valence-corrected chi connectivity index (χ4v) is 2.36. The highest BCUT2D eigenvalue weighted by Gasteiger charge is 2.16. The van der Waals surface area contributed by atoms with E-state index in [-0.39, 0.29) is 11.7 Å². The fourth-order valence-electron chi connectivity index (χ4n) is 1.89. The number of halogens is 3. The van der Waals surface area contributed by atoms with Crippen LogP contribution < -0.4 is 0 Å². The molecule has 0 spiro atoms. The van der Waals surface area contributed by atoms with Crippen LogP contribution >= 0.6 is 23.2 Å². The van der Waals surface area contributed by atoms with Gasteiger partial charge in [0.2, 0.25) is 0 Å². The molecule has 1 aromatic heterocycles. The summed E-state index contributed by atoms with van der Waals surface area (Å²) in [4.78, 5) is 3.93. The van der Waals surface area contributed by atoms with Crippen molar-refractivity contribution < 1.29 is 4.39 Å². The maximum absolute atomic E-state index is 13.7. The van der Waals surface area contributed by atoms with Crippen LogP contribution in [0.2, 0.25) is 5.02 Å². The van der Waals surface area contributed by atoms with Crippen molar-refractivity contribution in [1.82, 2.24) is 4.98 Å². The van der Waals surface area contributed by atoms with Crippen LogP contribution in [0.25, 0.3) is 0 Å². The van der Waals surface area contributed by atoms with E-state index in [9.17, 15) is 4.39 Å². The molecule has 1 atom stereocenters. The van der Waals surface area contributed by atoms with Gasteiger partial charge in [0.25, 0.3) is 0 Å². The summed E-state index contributed by atoms with van der Waals surface area (Å²) in [6.45, 7) is 0. The zero-order valence-corrected chi connectivity index (χ0v) is 11.1. The summed E-state index contributed by atoms with van der Waals surface area (Å²) in [5.74, 6) is 0.0284. The number of pyridine rings is 1. The van der Waals surface area contributed by atoms with Gasteiger partial charge in [-0.15, -0.1) is 11.6 Å². The second-order valence-corrected chi connectivity index (χ2v) is 4.76. The maximum atomic E-state index is 13.7. The Bertz CT molecular complexity index is 531. The molecule has 2 rings (SSSR count). The van der Waals surface area contributed by atoms with Crippen LogP contribution in [0.4, 0.5) is 4.39 Å². The first-order valence-corrected chi connectivity index (χ1v) is 6.52. The van der Waals surface area contributed by atoms with Crippen LogP contribution in [-0.4, -0.2) is 10.9 Å². The summed E-state index contributed by atoms with van der Waals surface area (Å²) in [6.07, 6.45) is 3.86. The highest BCUT2D eigenvalue weighted by molar-refractivity contribution is 6.31. The maximum Gasteiger partial charge on any atom is 0.126 e. The lowest BCUT2D eigenvalue weighted by molar-refractivity contribution is 0.589. The minimum Gasteiger partial charge on any atom is -0.263 e. The molecular formula is C14H12Cl2FN. The van der Waals surface area contributed by atoms with Crippen molar-refractivity contribution in [3.8, 4) is 0 Å². The zero-order valence-electron chi connectivity index (χ0n) is 9.61. The van der Waals surface area contributed by atoms with Crippen LogP contribution in [0.5, 0.6) is 0 Å². The van der Waals surface area contributed by atoms with E-state index in [2.05, 4.69) is 4.98 Å². The van der Waals surface area contributed by atoms with Gasteiger partial charge in [0.15, 0.2) is 0 Å². The highest BCUT2D eigenvalue weighted by atomic mass is 35.5. The second kappa shape index (κ2) is 6.17. The van der Waals surface area contributed by atoms with Gasteiger partial charge in [-0.1, -0.05) is 29.8 Å². The summed E-state index contributed by atoms with van der Waals surface area (Å²) < 4.78 is 13.7. The van der Waals surface area contributed by atoms with Crippen molar-refractivity contribution in [2.45, 2.75) is 12.3 Å². The third-order valence-electron chi connectivity index (χ3n) is 2.85. The number of hydrogen-bond acceptors (Lipinski definition) is 1. The number of hydrogen-bond donors (Lipinski definition) is 0.